The van der Waals surface area contributed by atoms with Gasteiger partial charge in [-0.05, 0) is 31.4 Å². The van der Waals surface area contributed by atoms with Crippen molar-refractivity contribution in [3.05, 3.63) is 42.0 Å². The molecular weight excluding hydrogens is 398 g/mol. The lowest BCUT2D eigenvalue weighted by Crippen LogP contribution is -2.08. The summed E-state index contributed by atoms with van der Waals surface area (Å²) in [4.78, 5) is 0.0105. The first-order valence-electron chi connectivity index (χ1n) is 13.0. The van der Waals surface area contributed by atoms with Crippen LogP contribution in [0.25, 0.3) is 6.08 Å². The lowest BCUT2D eigenvalue weighted by atomic mass is 10.0. The number of benzene rings is 1. The van der Waals surface area contributed by atoms with E-state index in [1.54, 1.807) is 0 Å². The summed E-state index contributed by atoms with van der Waals surface area (Å²) < 4.78 is 0. The Morgan fingerprint density at radius 2 is 1.13 bits per heavy atom. The van der Waals surface area contributed by atoms with Gasteiger partial charge >= 0.3 is 0 Å². The molecule has 0 fully saturated rings. The Morgan fingerprint density at radius 1 is 0.742 bits per heavy atom. The lowest BCUT2D eigenvalue weighted by Gasteiger charge is -2.14. The first kappa shape index (κ1) is 30.2. The fraction of sp³-hybridized carbons (Fsp3) is 0.724. The number of unbranched alkanes of at least 4 members (excludes halogenated alkanes) is 14. The molecule has 0 atom stereocenters. The van der Waals surface area contributed by atoms with Crippen LogP contribution in [0.15, 0.2) is 30.8 Å². The van der Waals surface area contributed by atoms with Crippen LogP contribution < -0.4 is 5.73 Å². The Kier molecular flexibility index (Phi) is 20.5. The first-order valence-corrected chi connectivity index (χ1v) is 13.4. The molecule has 1 aromatic rings. The molecule has 0 bridgehead atoms. The van der Waals surface area contributed by atoms with Crippen LogP contribution in [0.4, 0.5) is 0 Å². The van der Waals surface area contributed by atoms with Crippen LogP contribution in [0, 0.1) is 0 Å². The topological polar surface area (TPSA) is 26.0 Å². The van der Waals surface area contributed by atoms with Crippen molar-refractivity contribution >= 4 is 17.7 Å². The second kappa shape index (κ2) is 21.1. The van der Waals surface area contributed by atoms with Crippen LogP contribution in [0.5, 0.6) is 0 Å². The third-order valence-corrected chi connectivity index (χ3v) is 6.01. The Hall–Kier alpha value is -0.790. The molecule has 1 rings (SSSR count). The van der Waals surface area contributed by atoms with Crippen LogP contribution >= 0.6 is 11.6 Å². The van der Waals surface area contributed by atoms with E-state index in [1.807, 2.05) is 30.3 Å². The fourth-order valence-corrected chi connectivity index (χ4v) is 3.84. The van der Waals surface area contributed by atoms with Crippen molar-refractivity contribution in [2.45, 2.75) is 135 Å². The molecule has 0 amide bonds. The number of hydrogen-bond donors (Lipinski definition) is 1. The maximum absolute atomic E-state index is 6.19. The molecule has 1 aromatic carbocycles. The zero-order valence-corrected chi connectivity index (χ0v) is 21.8. The molecule has 180 valence electrons. The number of alkyl halides is 1. The third-order valence-electron chi connectivity index (χ3n) is 5.83. The molecule has 0 heterocycles. The van der Waals surface area contributed by atoms with Crippen molar-refractivity contribution in [1.82, 2.24) is 0 Å². The average molecular weight is 450 g/mol. The minimum atomic E-state index is 0.0105. The van der Waals surface area contributed by atoms with E-state index in [9.17, 15) is 0 Å². The molecule has 1 nitrogen and oxygen atoms in total. The maximum atomic E-state index is 6.19. The van der Waals surface area contributed by atoms with E-state index in [2.05, 4.69) is 27.4 Å². The van der Waals surface area contributed by atoms with Gasteiger partial charge in [0.2, 0.25) is 0 Å². The molecule has 0 saturated carbocycles. The standard InChI is InChI=1S/C20H41Cl.C9H11N/c1-4-5-6-7-8-9-10-11-12-13-14-15-16-17-18-19-20(2,3)21;1-2-8-3-5-9(7-10)6-4-8/h4-19H2,1-3H3;2-6H,1,7,10H2. The normalized spacial score (nSPS) is 11.1. The van der Waals surface area contributed by atoms with Gasteiger partial charge in [-0.15, -0.1) is 11.6 Å². The minimum absolute atomic E-state index is 0.0105. The highest BCUT2D eigenvalue weighted by Gasteiger charge is 2.11. The van der Waals surface area contributed by atoms with E-state index in [0.29, 0.717) is 6.54 Å². The molecular formula is C29H52ClN. The molecule has 0 aromatic heterocycles. The van der Waals surface area contributed by atoms with Gasteiger partial charge in [0.15, 0.2) is 0 Å². The Labute approximate surface area is 200 Å². The summed E-state index contributed by atoms with van der Waals surface area (Å²) in [7, 11) is 0. The number of hydrogen-bond acceptors (Lipinski definition) is 1. The van der Waals surface area contributed by atoms with Gasteiger partial charge in [-0.3, -0.25) is 0 Å². The molecule has 0 radical (unpaired) electrons. The molecule has 2 heteroatoms. The minimum Gasteiger partial charge on any atom is -0.326 e. The molecule has 31 heavy (non-hydrogen) atoms. The van der Waals surface area contributed by atoms with E-state index in [4.69, 9.17) is 17.3 Å². The van der Waals surface area contributed by atoms with Crippen molar-refractivity contribution in [3.8, 4) is 0 Å². The monoisotopic (exact) mass is 449 g/mol. The second-order valence-corrected chi connectivity index (χ2v) is 10.6. The van der Waals surface area contributed by atoms with Gasteiger partial charge in [-0.1, -0.05) is 140 Å². The number of halogens is 1. The van der Waals surface area contributed by atoms with E-state index in [-0.39, 0.29) is 4.87 Å². The smallest absolute Gasteiger partial charge is 0.0390 e. The highest BCUT2D eigenvalue weighted by molar-refractivity contribution is 6.23. The Morgan fingerprint density at radius 3 is 1.45 bits per heavy atom. The van der Waals surface area contributed by atoms with Gasteiger partial charge in [0.25, 0.3) is 0 Å². The fourth-order valence-electron chi connectivity index (χ4n) is 3.71. The Balaban J connectivity index is 0.000000743. The largest absolute Gasteiger partial charge is 0.326 e. The van der Waals surface area contributed by atoms with Crippen molar-refractivity contribution in [2.24, 2.45) is 5.73 Å². The molecule has 0 aliphatic heterocycles. The maximum Gasteiger partial charge on any atom is 0.0390 e. The van der Waals surface area contributed by atoms with Crippen molar-refractivity contribution < 1.29 is 0 Å². The highest BCUT2D eigenvalue weighted by atomic mass is 35.5. The van der Waals surface area contributed by atoms with Crippen molar-refractivity contribution in [2.75, 3.05) is 0 Å². The second-order valence-electron chi connectivity index (χ2n) is 9.57. The van der Waals surface area contributed by atoms with Gasteiger partial charge in [0, 0.05) is 11.4 Å². The predicted octanol–water partition coefficient (Wildman–Crippen LogP) is 10.1. The summed E-state index contributed by atoms with van der Waals surface area (Å²) in [5, 5.41) is 0. The highest BCUT2D eigenvalue weighted by Crippen LogP contribution is 2.21. The molecule has 0 spiro atoms. The van der Waals surface area contributed by atoms with Crippen LogP contribution in [-0.2, 0) is 6.54 Å². The molecule has 0 aliphatic rings. The van der Waals surface area contributed by atoms with E-state index in [1.165, 1.54) is 96.3 Å². The zero-order valence-electron chi connectivity index (χ0n) is 21.1. The van der Waals surface area contributed by atoms with Crippen LogP contribution in [-0.4, -0.2) is 4.87 Å². The zero-order chi connectivity index (χ0) is 23.2. The van der Waals surface area contributed by atoms with Crippen LogP contribution in [0.2, 0.25) is 0 Å². The van der Waals surface area contributed by atoms with Gasteiger partial charge in [-0.25, -0.2) is 0 Å². The summed E-state index contributed by atoms with van der Waals surface area (Å²) in [5.41, 5.74) is 7.71. The van der Waals surface area contributed by atoms with Gasteiger partial charge < -0.3 is 5.73 Å². The van der Waals surface area contributed by atoms with Crippen molar-refractivity contribution in [1.29, 1.82) is 0 Å². The first-order chi connectivity index (χ1) is 14.9. The molecule has 0 saturated heterocycles. The molecule has 0 aliphatic carbocycles. The number of rotatable bonds is 18. The summed E-state index contributed by atoms with van der Waals surface area (Å²) in [5.74, 6) is 0. The van der Waals surface area contributed by atoms with Gasteiger partial charge in [0.05, 0.1) is 0 Å². The van der Waals surface area contributed by atoms with Crippen LogP contribution in [0.3, 0.4) is 0 Å². The van der Waals surface area contributed by atoms with E-state index >= 15 is 0 Å². The van der Waals surface area contributed by atoms with E-state index < -0.39 is 0 Å². The molecule has 2 N–H and O–H groups in total. The summed E-state index contributed by atoms with van der Waals surface area (Å²) in [6, 6.07) is 8.04. The van der Waals surface area contributed by atoms with Gasteiger partial charge in [-0.2, -0.15) is 0 Å². The SMILES string of the molecule is C=Cc1ccc(CN)cc1.CCCCCCCCCCCCCCCCCC(C)(C)Cl. The molecule has 0 unspecified atom stereocenters. The van der Waals surface area contributed by atoms with Crippen LogP contribution in [0.1, 0.15) is 135 Å². The quantitative estimate of drug-likeness (QED) is 0.175. The van der Waals surface area contributed by atoms with Crippen molar-refractivity contribution in [3.63, 3.8) is 0 Å². The lowest BCUT2D eigenvalue weighted by molar-refractivity contribution is 0.515. The third kappa shape index (κ3) is 22.2. The predicted molar refractivity (Wildman–Crippen MR) is 144 cm³/mol. The summed E-state index contributed by atoms with van der Waals surface area (Å²) in [6.45, 7) is 10.8. The van der Waals surface area contributed by atoms with E-state index in [0.717, 1.165) is 17.5 Å². The van der Waals surface area contributed by atoms with Gasteiger partial charge in [0.1, 0.15) is 0 Å². The summed E-state index contributed by atoms with van der Waals surface area (Å²) in [6.07, 6.45) is 24.4. The number of nitrogens with two attached hydrogens (primary N) is 1. The summed E-state index contributed by atoms with van der Waals surface area (Å²) >= 11 is 6.19. The Bertz CT molecular complexity index is 500. The average Bonchev–Trinajstić information content (AvgIpc) is 2.76.